The molecule has 10 aromatic rings. The quantitative estimate of drug-likeness (QED) is 0.178. The first-order valence-electron chi connectivity index (χ1n) is 19.1. The van der Waals surface area contributed by atoms with Crippen LogP contribution in [0.3, 0.4) is 0 Å². The molecule has 0 aliphatic carbocycles. The van der Waals surface area contributed by atoms with Gasteiger partial charge in [-0.25, -0.2) is 4.99 Å². The Hall–Kier alpha value is -7.34. The van der Waals surface area contributed by atoms with E-state index in [2.05, 4.69) is 203 Å². The third kappa shape index (κ3) is 5.36. The summed E-state index contributed by atoms with van der Waals surface area (Å²) >= 11 is 0. The van der Waals surface area contributed by atoms with Gasteiger partial charge >= 0.3 is 0 Å². The molecular formula is C51H36N5+. The Labute approximate surface area is 324 Å². The molecule has 56 heavy (non-hydrogen) atoms. The zero-order chi connectivity index (χ0) is 37.0. The normalized spacial score (nSPS) is 14.4. The van der Waals surface area contributed by atoms with Crippen molar-refractivity contribution in [3.05, 3.63) is 217 Å². The summed E-state index contributed by atoms with van der Waals surface area (Å²) in [6.07, 6.45) is -0.137. The molecule has 0 radical (unpaired) electrons. The number of para-hydroxylation sites is 3. The summed E-state index contributed by atoms with van der Waals surface area (Å²) < 4.78 is 4.76. The summed E-state index contributed by atoms with van der Waals surface area (Å²) in [6.45, 7) is 0. The Balaban J connectivity index is 1.04. The first-order chi connectivity index (χ1) is 27.8. The van der Waals surface area contributed by atoms with Crippen molar-refractivity contribution in [1.29, 1.82) is 0 Å². The molecule has 1 aliphatic heterocycles. The molecule has 8 aromatic carbocycles. The molecule has 5 heteroatoms. The zero-order valence-corrected chi connectivity index (χ0v) is 30.5. The average molecular weight is 719 g/mol. The fourth-order valence-corrected chi connectivity index (χ4v) is 8.45. The highest BCUT2D eigenvalue weighted by molar-refractivity contribution is 6.13. The molecule has 0 amide bonds. The summed E-state index contributed by atoms with van der Waals surface area (Å²) in [4.78, 5) is 10.4. The lowest BCUT2D eigenvalue weighted by Gasteiger charge is -2.19. The topological polar surface area (TPSA) is 51.2 Å². The van der Waals surface area contributed by atoms with Gasteiger partial charge in [0.15, 0.2) is 5.84 Å². The van der Waals surface area contributed by atoms with Gasteiger partial charge in [0.2, 0.25) is 12.0 Å². The van der Waals surface area contributed by atoms with Crippen molar-refractivity contribution in [3.8, 4) is 22.5 Å². The van der Waals surface area contributed by atoms with Crippen LogP contribution in [0.5, 0.6) is 0 Å². The fraction of sp³-hybridized carbons (Fsp3) is 0.0196. The van der Waals surface area contributed by atoms with Crippen molar-refractivity contribution >= 4 is 55.3 Å². The van der Waals surface area contributed by atoms with Crippen LogP contribution in [-0.2, 0) is 0 Å². The fourth-order valence-electron chi connectivity index (χ4n) is 8.45. The summed E-state index contributed by atoms with van der Waals surface area (Å²) in [5.41, 5.74) is 12.5. The van der Waals surface area contributed by atoms with E-state index in [1.165, 1.54) is 43.7 Å². The van der Waals surface area contributed by atoms with Gasteiger partial charge in [0.25, 0.3) is 0 Å². The molecule has 2 N–H and O–H groups in total. The number of aromatic nitrogens is 2. The SMILES string of the molecule is c1ccc(C2=NC(c3cccc(-n4c5ccccc5c5cc(-c6ccc7c8ccccc8n(-c8ccccc8)c7c6)ccc54)c3)=NC(c3ccccc3)[NH2+]2)cc1. The van der Waals surface area contributed by atoms with Crippen LogP contribution in [0.4, 0.5) is 0 Å². The van der Waals surface area contributed by atoms with Gasteiger partial charge in [-0.3, -0.25) is 5.32 Å². The van der Waals surface area contributed by atoms with Crippen LogP contribution >= 0.6 is 0 Å². The second-order valence-corrected chi connectivity index (χ2v) is 14.4. The lowest BCUT2D eigenvalue weighted by atomic mass is 10.0. The highest BCUT2D eigenvalue weighted by atomic mass is 15.2. The van der Waals surface area contributed by atoms with E-state index >= 15 is 0 Å². The first kappa shape index (κ1) is 32.1. The molecule has 1 aliphatic rings. The molecule has 2 aromatic heterocycles. The van der Waals surface area contributed by atoms with Crippen LogP contribution < -0.4 is 5.32 Å². The third-order valence-corrected chi connectivity index (χ3v) is 11.1. The summed E-state index contributed by atoms with van der Waals surface area (Å²) in [5, 5.41) is 7.11. The molecule has 0 saturated heterocycles. The molecule has 5 nitrogen and oxygen atoms in total. The van der Waals surface area contributed by atoms with Crippen molar-refractivity contribution in [2.45, 2.75) is 6.17 Å². The van der Waals surface area contributed by atoms with Gasteiger partial charge in [0.1, 0.15) is 0 Å². The largest absolute Gasteiger partial charge is 0.309 e. The number of nitrogens with two attached hydrogens (primary N) is 1. The van der Waals surface area contributed by atoms with Crippen molar-refractivity contribution in [2.24, 2.45) is 9.98 Å². The number of nitrogens with zero attached hydrogens (tertiary/aromatic N) is 4. The van der Waals surface area contributed by atoms with Gasteiger partial charge in [-0.05, 0) is 77.9 Å². The van der Waals surface area contributed by atoms with Gasteiger partial charge in [0, 0.05) is 44.0 Å². The maximum atomic E-state index is 5.21. The minimum atomic E-state index is -0.137. The van der Waals surface area contributed by atoms with Crippen molar-refractivity contribution in [1.82, 2.24) is 9.13 Å². The van der Waals surface area contributed by atoms with Crippen LogP contribution in [0, 0.1) is 0 Å². The molecule has 0 bridgehead atoms. The lowest BCUT2D eigenvalue weighted by Crippen LogP contribution is -2.89. The predicted molar refractivity (Wildman–Crippen MR) is 231 cm³/mol. The third-order valence-electron chi connectivity index (χ3n) is 11.1. The van der Waals surface area contributed by atoms with E-state index in [1.807, 2.05) is 12.1 Å². The highest BCUT2D eigenvalue weighted by Crippen LogP contribution is 2.38. The summed E-state index contributed by atoms with van der Waals surface area (Å²) in [7, 11) is 0. The number of hydrogen-bond acceptors (Lipinski definition) is 2. The first-order valence-corrected chi connectivity index (χ1v) is 19.1. The van der Waals surface area contributed by atoms with Crippen LogP contribution in [0.1, 0.15) is 22.9 Å². The number of amidine groups is 2. The van der Waals surface area contributed by atoms with Gasteiger partial charge in [-0.1, -0.05) is 133 Å². The summed E-state index contributed by atoms with van der Waals surface area (Å²) in [5.74, 6) is 1.66. The Morgan fingerprint density at radius 2 is 0.929 bits per heavy atom. The molecule has 11 rings (SSSR count). The zero-order valence-electron chi connectivity index (χ0n) is 30.5. The number of rotatable bonds is 6. The second-order valence-electron chi connectivity index (χ2n) is 14.4. The van der Waals surface area contributed by atoms with E-state index in [-0.39, 0.29) is 6.17 Å². The molecule has 0 spiro atoms. The lowest BCUT2D eigenvalue weighted by molar-refractivity contribution is -0.586. The smallest absolute Gasteiger partial charge is 0.235 e. The van der Waals surface area contributed by atoms with Crippen LogP contribution in [-0.4, -0.2) is 20.8 Å². The van der Waals surface area contributed by atoms with E-state index in [0.717, 1.165) is 50.8 Å². The van der Waals surface area contributed by atoms with E-state index < -0.39 is 0 Å². The van der Waals surface area contributed by atoms with Gasteiger partial charge < -0.3 is 9.13 Å². The van der Waals surface area contributed by atoms with E-state index in [1.54, 1.807) is 0 Å². The molecule has 1 atom stereocenters. The molecular weight excluding hydrogens is 683 g/mol. The minimum absolute atomic E-state index is 0.137. The summed E-state index contributed by atoms with van der Waals surface area (Å²) in [6, 6.07) is 71.4. The molecule has 1 unspecified atom stereocenters. The number of benzene rings is 8. The minimum Gasteiger partial charge on any atom is -0.309 e. The second kappa shape index (κ2) is 13.2. The Kier molecular flexibility index (Phi) is 7.57. The van der Waals surface area contributed by atoms with Crippen molar-refractivity contribution < 1.29 is 5.32 Å². The number of hydrogen-bond donors (Lipinski definition) is 1. The molecule has 3 heterocycles. The maximum Gasteiger partial charge on any atom is 0.235 e. The van der Waals surface area contributed by atoms with E-state index in [0.29, 0.717) is 0 Å². The molecule has 264 valence electrons. The predicted octanol–water partition coefficient (Wildman–Crippen LogP) is 11.0. The van der Waals surface area contributed by atoms with Crippen molar-refractivity contribution in [3.63, 3.8) is 0 Å². The van der Waals surface area contributed by atoms with Gasteiger partial charge in [-0.15, -0.1) is 0 Å². The number of aliphatic imine (C=N–C) groups is 2. The van der Waals surface area contributed by atoms with Crippen LogP contribution in [0.25, 0.3) is 66.1 Å². The molecule has 0 fully saturated rings. The highest BCUT2D eigenvalue weighted by Gasteiger charge is 2.26. The van der Waals surface area contributed by atoms with Gasteiger partial charge in [-0.2, -0.15) is 4.99 Å². The van der Waals surface area contributed by atoms with Crippen LogP contribution in [0.15, 0.2) is 210 Å². The number of quaternary nitrogens is 1. The van der Waals surface area contributed by atoms with E-state index in [9.17, 15) is 0 Å². The van der Waals surface area contributed by atoms with Crippen LogP contribution in [0.2, 0.25) is 0 Å². The Bertz CT molecular complexity index is 3150. The maximum absolute atomic E-state index is 5.21. The monoisotopic (exact) mass is 718 g/mol. The standard InChI is InChI=1S/C51H35N5/c1-4-15-34(16-5-1)49-52-50(35-17-6-2-7-18-35)54-51(53-49)38-19-14-22-40(31-38)56-46-26-13-11-24-42(46)44-32-36(28-30-47(44)56)37-27-29-43-41-23-10-12-25-45(41)55(48(43)33-37)39-20-8-3-9-21-39/h1-33,49H,(H,52,53,54)/p+1. The molecule has 0 saturated carbocycles. The average Bonchev–Trinajstić information content (AvgIpc) is 3.79. The Morgan fingerprint density at radius 1 is 0.375 bits per heavy atom. The Morgan fingerprint density at radius 3 is 1.70 bits per heavy atom. The number of fused-ring (bicyclic) bond motifs is 6. The van der Waals surface area contributed by atoms with Crippen molar-refractivity contribution in [2.75, 3.05) is 0 Å². The van der Waals surface area contributed by atoms with Gasteiger partial charge in [0.05, 0.1) is 27.6 Å². The van der Waals surface area contributed by atoms with E-state index in [4.69, 9.17) is 9.98 Å².